The van der Waals surface area contributed by atoms with E-state index in [1.807, 2.05) is 45.0 Å². The number of rotatable bonds is 8. The second-order valence-electron chi connectivity index (χ2n) is 6.05. The molecule has 0 radical (unpaired) electrons. The van der Waals surface area contributed by atoms with Crippen LogP contribution in [0.25, 0.3) is 0 Å². The van der Waals surface area contributed by atoms with Crippen molar-refractivity contribution in [1.82, 2.24) is 5.32 Å². The molecule has 1 rings (SSSR count). The van der Waals surface area contributed by atoms with E-state index in [0.29, 0.717) is 31.4 Å². The first-order chi connectivity index (χ1) is 10.9. The summed E-state index contributed by atoms with van der Waals surface area (Å²) in [5.41, 5.74) is 7.60. The maximum atomic E-state index is 11.8. The smallest absolute Gasteiger partial charge is 0.224 e. The minimum absolute atomic E-state index is 0.0234. The lowest BCUT2D eigenvalue weighted by atomic mass is 10.1. The minimum atomic E-state index is 0.0234. The van der Waals surface area contributed by atoms with Crippen molar-refractivity contribution < 1.29 is 9.53 Å². The Kier molecular flexibility index (Phi) is 8.11. The van der Waals surface area contributed by atoms with Crippen LogP contribution in [-0.4, -0.2) is 31.6 Å². The Morgan fingerprint density at radius 1 is 1.35 bits per heavy atom. The third-order valence-corrected chi connectivity index (χ3v) is 3.05. The Balaban J connectivity index is 2.58. The van der Waals surface area contributed by atoms with Gasteiger partial charge in [-0.15, -0.1) is 0 Å². The number of amides is 1. The predicted molar refractivity (Wildman–Crippen MR) is 94.3 cm³/mol. The van der Waals surface area contributed by atoms with Gasteiger partial charge in [0.2, 0.25) is 5.91 Å². The van der Waals surface area contributed by atoms with Crippen LogP contribution in [0.1, 0.15) is 32.8 Å². The third-order valence-electron chi connectivity index (χ3n) is 3.05. The Hall–Kier alpha value is -2.08. The van der Waals surface area contributed by atoms with Crippen LogP contribution >= 0.6 is 0 Å². The fraction of sp³-hybridized carbons (Fsp3) is 0.529. The highest BCUT2D eigenvalue weighted by Gasteiger charge is 2.06. The molecule has 0 spiro atoms. The van der Waals surface area contributed by atoms with Crippen molar-refractivity contribution in [3.8, 4) is 0 Å². The Morgan fingerprint density at radius 2 is 2.09 bits per heavy atom. The van der Waals surface area contributed by atoms with E-state index in [4.69, 9.17) is 10.5 Å². The summed E-state index contributed by atoms with van der Waals surface area (Å²) in [4.78, 5) is 16.1. The first-order valence-electron chi connectivity index (χ1n) is 7.85. The number of ether oxygens (including phenoxy) is 1. The maximum Gasteiger partial charge on any atom is 0.224 e. The highest BCUT2D eigenvalue weighted by Crippen LogP contribution is 2.13. The molecule has 6 heteroatoms. The highest BCUT2D eigenvalue weighted by molar-refractivity contribution is 5.90. The molecule has 0 bridgehead atoms. The van der Waals surface area contributed by atoms with E-state index in [9.17, 15) is 4.79 Å². The van der Waals surface area contributed by atoms with E-state index in [0.717, 1.165) is 11.3 Å². The van der Waals surface area contributed by atoms with Gasteiger partial charge in [0, 0.05) is 25.3 Å². The lowest BCUT2D eigenvalue weighted by molar-refractivity contribution is -0.116. The molecule has 1 atom stereocenters. The minimum Gasteiger partial charge on any atom is -0.383 e. The van der Waals surface area contributed by atoms with Crippen LogP contribution in [0.5, 0.6) is 0 Å². The zero-order valence-electron chi connectivity index (χ0n) is 14.4. The highest BCUT2D eigenvalue weighted by atomic mass is 16.5. The first-order valence-corrected chi connectivity index (χ1v) is 7.85. The lowest BCUT2D eigenvalue weighted by Gasteiger charge is -2.13. The van der Waals surface area contributed by atoms with Gasteiger partial charge in [0.1, 0.15) is 0 Å². The molecule has 0 aliphatic heterocycles. The van der Waals surface area contributed by atoms with Gasteiger partial charge in [-0.1, -0.05) is 26.0 Å². The van der Waals surface area contributed by atoms with Crippen LogP contribution < -0.4 is 16.4 Å². The van der Waals surface area contributed by atoms with E-state index in [1.165, 1.54) is 0 Å². The average molecular weight is 320 g/mol. The normalized spacial score (nSPS) is 13.0. The molecule has 0 saturated heterocycles. The van der Waals surface area contributed by atoms with Gasteiger partial charge in [-0.25, -0.2) is 4.99 Å². The number of carbonyl (C=O) groups excluding carboxylic acids is 1. The molecule has 0 heterocycles. The van der Waals surface area contributed by atoms with E-state index >= 15 is 0 Å². The molecule has 128 valence electrons. The molecule has 1 aromatic rings. The first kappa shape index (κ1) is 19.0. The second kappa shape index (κ2) is 9.84. The van der Waals surface area contributed by atoms with Crippen molar-refractivity contribution in [3.05, 3.63) is 29.8 Å². The molecule has 0 aromatic heterocycles. The lowest BCUT2D eigenvalue weighted by Crippen LogP contribution is -2.40. The zero-order chi connectivity index (χ0) is 17.2. The summed E-state index contributed by atoms with van der Waals surface area (Å²) < 4.78 is 5.03. The summed E-state index contributed by atoms with van der Waals surface area (Å²) in [6, 6.07) is 7.73. The molecular weight excluding hydrogens is 292 g/mol. The van der Waals surface area contributed by atoms with Crippen molar-refractivity contribution in [1.29, 1.82) is 0 Å². The largest absolute Gasteiger partial charge is 0.383 e. The van der Waals surface area contributed by atoms with Crippen LogP contribution in [0.3, 0.4) is 0 Å². The van der Waals surface area contributed by atoms with Gasteiger partial charge in [-0.2, -0.15) is 0 Å². The fourth-order valence-corrected chi connectivity index (χ4v) is 2.10. The Labute approximate surface area is 138 Å². The van der Waals surface area contributed by atoms with Gasteiger partial charge < -0.3 is 21.1 Å². The molecule has 0 saturated carbocycles. The Morgan fingerprint density at radius 3 is 2.74 bits per heavy atom. The predicted octanol–water partition coefficient (Wildman–Crippen LogP) is 2.11. The molecule has 6 nitrogen and oxygen atoms in total. The van der Waals surface area contributed by atoms with Gasteiger partial charge in [-0.05, 0) is 30.5 Å². The number of carbonyl (C=O) groups is 1. The zero-order valence-corrected chi connectivity index (χ0v) is 14.4. The van der Waals surface area contributed by atoms with Gasteiger partial charge in [0.05, 0.1) is 13.2 Å². The quantitative estimate of drug-likeness (QED) is 0.505. The molecule has 23 heavy (non-hydrogen) atoms. The van der Waals surface area contributed by atoms with Crippen LogP contribution in [-0.2, 0) is 16.1 Å². The summed E-state index contributed by atoms with van der Waals surface area (Å²) in [5, 5.41) is 5.95. The maximum absolute atomic E-state index is 11.8. The average Bonchev–Trinajstić information content (AvgIpc) is 2.44. The van der Waals surface area contributed by atoms with Gasteiger partial charge in [0.15, 0.2) is 5.96 Å². The Bertz CT molecular complexity index is 529. The number of nitrogens with one attached hydrogen (secondary N) is 2. The van der Waals surface area contributed by atoms with Crippen LogP contribution in [0.15, 0.2) is 29.3 Å². The van der Waals surface area contributed by atoms with Crippen molar-refractivity contribution in [3.63, 3.8) is 0 Å². The van der Waals surface area contributed by atoms with Crippen LogP contribution in [0.2, 0.25) is 0 Å². The van der Waals surface area contributed by atoms with Crippen molar-refractivity contribution in [2.45, 2.75) is 39.8 Å². The number of methoxy groups -OCH3 is 1. The summed E-state index contributed by atoms with van der Waals surface area (Å²) in [5.74, 6) is 0.738. The number of benzene rings is 1. The number of hydrogen-bond donors (Lipinski definition) is 3. The number of anilines is 1. The summed E-state index contributed by atoms with van der Waals surface area (Å²) in [6.45, 7) is 7.02. The molecular formula is C17H28N4O2. The van der Waals surface area contributed by atoms with E-state index in [-0.39, 0.29) is 11.9 Å². The van der Waals surface area contributed by atoms with Gasteiger partial charge in [0.25, 0.3) is 0 Å². The molecule has 0 fully saturated rings. The van der Waals surface area contributed by atoms with E-state index in [1.54, 1.807) is 7.11 Å². The fourth-order valence-electron chi connectivity index (χ4n) is 2.10. The summed E-state index contributed by atoms with van der Waals surface area (Å²) in [6.07, 6.45) is 0.511. The number of guanidine groups is 1. The topological polar surface area (TPSA) is 88.7 Å². The molecule has 1 amide bonds. The number of aliphatic imine (C=N–C) groups is 1. The van der Waals surface area contributed by atoms with Crippen molar-refractivity contribution in [2.24, 2.45) is 16.6 Å². The number of nitrogens with two attached hydrogens (primary N) is 1. The summed E-state index contributed by atoms with van der Waals surface area (Å²) >= 11 is 0. The van der Waals surface area contributed by atoms with Gasteiger partial charge in [-0.3, -0.25) is 4.79 Å². The third kappa shape index (κ3) is 8.21. The van der Waals surface area contributed by atoms with Crippen LogP contribution in [0, 0.1) is 5.92 Å². The second-order valence-corrected chi connectivity index (χ2v) is 6.05. The van der Waals surface area contributed by atoms with E-state index in [2.05, 4.69) is 15.6 Å². The molecule has 4 N–H and O–H groups in total. The van der Waals surface area contributed by atoms with Crippen molar-refractivity contribution in [2.75, 3.05) is 19.0 Å². The molecule has 1 unspecified atom stereocenters. The SMILES string of the molecule is COCC(C)NC(N)=NCc1cccc(NC(=O)CC(C)C)c1. The van der Waals surface area contributed by atoms with Crippen LogP contribution in [0.4, 0.5) is 5.69 Å². The van der Waals surface area contributed by atoms with Crippen molar-refractivity contribution >= 4 is 17.6 Å². The van der Waals surface area contributed by atoms with Gasteiger partial charge >= 0.3 is 0 Å². The monoisotopic (exact) mass is 320 g/mol. The molecule has 0 aliphatic carbocycles. The standard InChI is InChI=1S/C17H28N4O2/c1-12(2)8-16(22)21-15-7-5-6-14(9-15)10-19-17(18)20-13(3)11-23-4/h5-7,9,12-13H,8,10-11H2,1-4H3,(H,21,22)(H3,18,19,20). The summed E-state index contributed by atoms with van der Waals surface area (Å²) in [7, 11) is 1.64. The molecule has 1 aromatic carbocycles. The number of hydrogen-bond acceptors (Lipinski definition) is 3. The molecule has 0 aliphatic rings. The van der Waals surface area contributed by atoms with E-state index < -0.39 is 0 Å². The number of nitrogens with zero attached hydrogens (tertiary/aromatic N) is 1.